The number of rotatable bonds is 5. The van der Waals surface area contributed by atoms with Crippen molar-refractivity contribution in [1.29, 1.82) is 0 Å². The lowest BCUT2D eigenvalue weighted by molar-refractivity contribution is 0.633. The third-order valence-corrected chi connectivity index (χ3v) is 4.12. The molecule has 2 heterocycles. The molecule has 0 bridgehead atoms. The van der Waals surface area contributed by atoms with E-state index in [2.05, 4.69) is 47.7 Å². The van der Waals surface area contributed by atoms with Crippen LogP contribution in [0.1, 0.15) is 41.6 Å². The molecule has 1 atom stereocenters. The summed E-state index contributed by atoms with van der Waals surface area (Å²) in [7, 11) is 0. The third kappa shape index (κ3) is 2.79. The summed E-state index contributed by atoms with van der Waals surface area (Å²) in [5.41, 5.74) is 3.75. The predicted octanol–water partition coefficient (Wildman–Crippen LogP) is 3.71. The zero-order valence-electron chi connectivity index (χ0n) is 11.2. The van der Waals surface area contributed by atoms with E-state index in [1.54, 1.807) is 0 Å². The van der Waals surface area contributed by atoms with Crippen LogP contribution in [0.25, 0.3) is 0 Å². The summed E-state index contributed by atoms with van der Waals surface area (Å²) in [6, 6.07) is 6.76. The summed E-state index contributed by atoms with van der Waals surface area (Å²) in [6.07, 6.45) is 3.07. The monoisotopic (exact) mass is 260 g/mol. The van der Waals surface area contributed by atoms with Crippen molar-refractivity contribution in [3.05, 3.63) is 51.5 Å². The minimum atomic E-state index is 0.276. The zero-order valence-corrected chi connectivity index (χ0v) is 12.1. The number of nitrogens with zero attached hydrogens (tertiary/aromatic N) is 1. The van der Waals surface area contributed by atoms with Gasteiger partial charge in [-0.25, -0.2) is 0 Å². The Morgan fingerprint density at radius 3 is 2.72 bits per heavy atom. The smallest absolute Gasteiger partial charge is 0.0688 e. The van der Waals surface area contributed by atoms with Gasteiger partial charge in [-0.2, -0.15) is 0 Å². The highest BCUT2D eigenvalue weighted by Gasteiger charge is 2.17. The van der Waals surface area contributed by atoms with E-state index in [0.717, 1.165) is 18.7 Å². The Bertz CT molecular complexity index is 487. The average molecular weight is 260 g/mol. The van der Waals surface area contributed by atoms with Crippen molar-refractivity contribution < 1.29 is 0 Å². The summed E-state index contributed by atoms with van der Waals surface area (Å²) >= 11 is 1.83. The number of nitrogens with one attached hydrogen (secondary N) is 1. The Morgan fingerprint density at radius 1 is 1.28 bits per heavy atom. The van der Waals surface area contributed by atoms with E-state index in [9.17, 15) is 0 Å². The lowest BCUT2D eigenvalue weighted by Crippen LogP contribution is -2.22. The van der Waals surface area contributed by atoms with E-state index in [1.165, 1.54) is 16.0 Å². The highest BCUT2D eigenvalue weighted by Crippen LogP contribution is 2.29. The molecule has 0 aliphatic heterocycles. The second-order valence-corrected chi connectivity index (χ2v) is 5.33. The van der Waals surface area contributed by atoms with Crippen LogP contribution < -0.4 is 5.32 Å². The minimum Gasteiger partial charge on any atom is -0.306 e. The first kappa shape index (κ1) is 13.2. The number of hydrogen-bond donors (Lipinski definition) is 1. The predicted molar refractivity (Wildman–Crippen MR) is 78.2 cm³/mol. The topological polar surface area (TPSA) is 24.9 Å². The van der Waals surface area contributed by atoms with E-state index in [-0.39, 0.29) is 6.04 Å². The van der Waals surface area contributed by atoms with Gasteiger partial charge in [-0.15, -0.1) is 11.3 Å². The Balaban J connectivity index is 2.36. The van der Waals surface area contributed by atoms with Crippen LogP contribution >= 0.6 is 11.3 Å². The molecule has 0 aromatic carbocycles. The van der Waals surface area contributed by atoms with Crippen LogP contribution in [0.5, 0.6) is 0 Å². The third-order valence-electron chi connectivity index (χ3n) is 3.10. The first-order valence-corrected chi connectivity index (χ1v) is 7.36. The summed E-state index contributed by atoms with van der Waals surface area (Å²) < 4.78 is 0. The standard InChI is InChI=1S/C15H20N2S/c1-4-12-8-9-18-15(12)14(16-5-2)13-7-6-11(3)17-10-13/h6-10,14,16H,4-5H2,1-3H3. The Morgan fingerprint density at radius 2 is 2.11 bits per heavy atom. The molecule has 18 heavy (non-hydrogen) atoms. The van der Waals surface area contributed by atoms with Crippen molar-refractivity contribution in [2.24, 2.45) is 0 Å². The SMILES string of the molecule is CCNC(c1ccc(C)nc1)c1sccc1CC. The van der Waals surface area contributed by atoms with E-state index in [4.69, 9.17) is 0 Å². The Hall–Kier alpha value is -1.19. The molecule has 1 unspecified atom stereocenters. The molecule has 2 rings (SSSR count). The molecule has 0 radical (unpaired) electrons. The molecule has 0 aliphatic rings. The lowest BCUT2D eigenvalue weighted by Gasteiger charge is -2.18. The molecule has 2 aromatic rings. The van der Waals surface area contributed by atoms with Crippen molar-refractivity contribution in [1.82, 2.24) is 10.3 Å². The van der Waals surface area contributed by atoms with E-state index >= 15 is 0 Å². The van der Waals surface area contributed by atoms with Crippen LogP contribution in [-0.2, 0) is 6.42 Å². The molecule has 1 N–H and O–H groups in total. The van der Waals surface area contributed by atoms with Gasteiger partial charge in [-0.1, -0.05) is 19.9 Å². The maximum absolute atomic E-state index is 4.41. The molecule has 0 amide bonds. The van der Waals surface area contributed by atoms with Gasteiger partial charge in [0.2, 0.25) is 0 Å². The van der Waals surface area contributed by atoms with Gasteiger partial charge in [0.15, 0.2) is 0 Å². The normalized spacial score (nSPS) is 12.6. The number of pyridine rings is 1. The zero-order chi connectivity index (χ0) is 13.0. The van der Waals surface area contributed by atoms with Gasteiger partial charge >= 0.3 is 0 Å². The summed E-state index contributed by atoms with van der Waals surface area (Å²) in [5, 5.41) is 5.75. The quantitative estimate of drug-likeness (QED) is 0.886. The second-order valence-electron chi connectivity index (χ2n) is 4.39. The van der Waals surface area contributed by atoms with Gasteiger partial charge < -0.3 is 5.32 Å². The molecule has 0 aliphatic carbocycles. The molecule has 3 heteroatoms. The number of aryl methyl sites for hydroxylation is 2. The van der Waals surface area contributed by atoms with E-state index < -0.39 is 0 Å². The molecular weight excluding hydrogens is 240 g/mol. The van der Waals surface area contributed by atoms with Crippen molar-refractivity contribution in [2.45, 2.75) is 33.2 Å². The van der Waals surface area contributed by atoms with Crippen molar-refractivity contribution in [2.75, 3.05) is 6.54 Å². The first-order valence-electron chi connectivity index (χ1n) is 6.48. The van der Waals surface area contributed by atoms with Gasteiger partial charge in [0, 0.05) is 16.8 Å². The summed E-state index contributed by atoms with van der Waals surface area (Å²) in [6.45, 7) is 7.34. The Labute approximate surface area is 113 Å². The maximum atomic E-state index is 4.41. The van der Waals surface area contributed by atoms with Crippen LogP contribution in [-0.4, -0.2) is 11.5 Å². The molecule has 0 fully saturated rings. The van der Waals surface area contributed by atoms with Crippen LogP contribution in [0.2, 0.25) is 0 Å². The number of aromatic nitrogens is 1. The fourth-order valence-electron chi connectivity index (χ4n) is 2.11. The van der Waals surface area contributed by atoms with Crippen LogP contribution in [0.15, 0.2) is 29.8 Å². The molecule has 2 nitrogen and oxygen atoms in total. The van der Waals surface area contributed by atoms with Gasteiger partial charge in [-0.05, 0) is 48.5 Å². The molecule has 0 saturated carbocycles. The highest BCUT2D eigenvalue weighted by atomic mass is 32.1. The molecule has 96 valence electrons. The maximum Gasteiger partial charge on any atom is 0.0688 e. The van der Waals surface area contributed by atoms with Gasteiger partial charge in [-0.3, -0.25) is 4.98 Å². The Kier molecular flexibility index (Phi) is 4.50. The van der Waals surface area contributed by atoms with Crippen molar-refractivity contribution in [3.63, 3.8) is 0 Å². The number of hydrogen-bond acceptors (Lipinski definition) is 3. The van der Waals surface area contributed by atoms with E-state index in [0.29, 0.717) is 0 Å². The molecule has 0 spiro atoms. The van der Waals surface area contributed by atoms with Gasteiger partial charge in [0.25, 0.3) is 0 Å². The number of thiophene rings is 1. The fraction of sp³-hybridized carbons (Fsp3) is 0.400. The summed E-state index contributed by atoms with van der Waals surface area (Å²) in [4.78, 5) is 5.83. The van der Waals surface area contributed by atoms with Gasteiger partial charge in [0.1, 0.15) is 0 Å². The highest BCUT2D eigenvalue weighted by molar-refractivity contribution is 7.10. The first-order chi connectivity index (χ1) is 8.76. The van der Waals surface area contributed by atoms with Gasteiger partial charge in [0.05, 0.1) is 6.04 Å². The fourth-order valence-corrected chi connectivity index (χ4v) is 3.21. The average Bonchev–Trinajstić information content (AvgIpc) is 2.85. The summed E-state index contributed by atoms with van der Waals surface area (Å²) in [5.74, 6) is 0. The second kappa shape index (κ2) is 6.12. The van der Waals surface area contributed by atoms with Crippen LogP contribution in [0.4, 0.5) is 0 Å². The van der Waals surface area contributed by atoms with Crippen LogP contribution in [0, 0.1) is 6.92 Å². The van der Waals surface area contributed by atoms with E-state index in [1.807, 2.05) is 24.5 Å². The van der Waals surface area contributed by atoms with Crippen molar-refractivity contribution in [3.8, 4) is 0 Å². The molecular formula is C15H20N2S. The minimum absolute atomic E-state index is 0.276. The van der Waals surface area contributed by atoms with Crippen LogP contribution in [0.3, 0.4) is 0 Å². The van der Waals surface area contributed by atoms with Crippen molar-refractivity contribution >= 4 is 11.3 Å². The largest absolute Gasteiger partial charge is 0.306 e. The molecule has 2 aromatic heterocycles. The lowest BCUT2D eigenvalue weighted by atomic mass is 10.0. The molecule has 0 saturated heterocycles.